The minimum Gasteiger partial charge on any atom is -0.497 e. The molecule has 2 heterocycles. The smallest absolute Gasteiger partial charge is 0.325 e. The van der Waals surface area contributed by atoms with Crippen molar-refractivity contribution in [1.82, 2.24) is 20.9 Å². The molecule has 1 atom stereocenters. The fourth-order valence-electron chi connectivity index (χ4n) is 3.22. The summed E-state index contributed by atoms with van der Waals surface area (Å²) in [5.74, 6) is -0.235. The van der Waals surface area contributed by atoms with Crippen LogP contribution in [0.1, 0.15) is 24.7 Å². The Bertz CT molecular complexity index is 941. The summed E-state index contributed by atoms with van der Waals surface area (Å²) in [6.07, 6.45) is 1.74. The van der Waals surface area contributed by atoms with Crippen LogP contribution >= 0.6 is 0 Å². The van der Waals surface area contributed by atoms with Gasteiger partial charge in [0.05, 0.1) is 19.9 Å². The molecule has 30 heavy (non-hydrogen) atoms. The van der Waals surface area contributed by atoms with Gasteiger partial charge < -0.3 is 19.8 Å². The number of benzene rings is 1. The zero-order chi connectivity index (χ0) is 21.7. The predicted molar refractivity (Wildman–Crippen MR) is 104 cm³/mol. The van der Waals surface area contributed by atoms with E-state index in [-0.39, 0.29) is 13.0 Å². The molecule has 1 saturated heterocycles. The van der Waals surface area contributed by atoms with Crippen LogP contribution in [-0.4, -0.2) is 42.4 Å². The average molecular weight is 414 g/mol. The molecule has 2 aromatic rings. The lowest BCUT2D eigenvalue weighted by molar-refractivity contribution is -0.135. The standard InChI is InChI=1S/C20H22N4O6/c1-3-20(13-6-8-14(29-2)9-7-13)17(26)24(19(28)23-20)12-16(25)22-18(27)21-11-15-5-4-10-30-15/h4-10H,3,11-12H2,1-2H3,(H,23,28)(H2,21,22,25,27)/t20-/m1/s1. The third kappa shape index (κ3) is 4.12. The summed E-state index contributed by atoms with van der Waals surface area (Å²) in [4.78, 5) is 50.3. The van der Waals surface area contributed by atoms with Gasteiger partial charge in [0.2, 0.25) is 5.91 Å². The summed E-state index contributed by atoms with van der Waals surface area (Å²) < 4.78 is 10.2. The molecule has 3 rings (SSSR count). The van der Waals surface area contributed by atoms with Gasteiger partial charge in [0, 0.05) is 0 Å². The van der Waals surface area contributed by atoms with E-state index in [2.05, 4.69) is 16.0 Å². The molecule has 0 bridgehead atoms. The monoisotopic (exact) mass is 414 g/mol. The molecule has 158 valence electrons. The van der Waals surface area contributed by atoms with Crippen LogP contribution < -0.4 is 20.7 Å². The second-order valence-corrected chi connectivity index (χ2v) is 6.62. The third-order valence-corrected chi connectivity index (χ3v) is 4.85. The van der Waals surface area contributed by atoms with E-state index >= 15 is 0 Å². The number of nitrogens with zero attached hydrogens (tertiary/aromatic N) is 1. The Kier molecular flexibility index (Phi) is 6.05. The van der Waals surface area contributed by atoms with Crippen LogP contribution in [0.15, 0.2) is 47.1 Å². The molecule has 3 N–H and O–H groups in total. The van der Waals surface area contributed by atoms with Crippen molar-refractivity contribution in [3.63, 3.8) is 0 Å². The zero-order valence-corrected chi connectivity index (χ0v) is 16.6. The fraction of sp³-hybridized carbons (Fsp3) is 0.300. The van der Waals surface area contributed by atoms with Crippen LogP contribution in [0.3, 0.4) is 0 Å². The lowest BCUT2D eigenvalue weighted by Crippen LogP contribution is -2.47. The minimum atomic E-state index is -1.29. The summed E-state index contributed by atoms with van der Waals surface area (Å²) in [6.45, 7) is 1.26. The van der Waals surface area contributed by atoms with E-state index in [1.165, 1.54) is 13.4 Å². The number of hydrogen-bond donors (Lipinski definition) is 3. The Morgan fingerprint density at radius 3 is 2.53 bits per heavy atom. The quantitative estimate of drug-likeness (QED) is 0.588. The number of furan rings is 1. The Morgan fingerprint density at radius 1 is 1.20 bits per heavy atom. The maximum absolute atomic E-state index is 13.0. The van der Waals surface area contributed by atoms with Crippen molar-refractivity contribution in [2.24, 2.45) is 0 Å². The average Bonchev–Trinajstić information content (AvgIpc) is 3.35. The maximum atomic E-state index is 13.0. The number of carbonyl (C=O) groups is 4. The summed E-state index contributed by atoms with van der Waals surface area (Å²) in [5, 5.41) is 7.21. The first-order valence-corrected chi connectivity index (χ1v) is 9.28. The van der Waals surface area contributed by atoms with Gasteiger partial charge >= 0.3 is 12.1 Å². The highest BCUT2D eigenvalue weighted by Crippen LogP contribution is 2.33. The summed E-state index contributed by atoms with van der Waals surface area (Å²) in [7, 11) is 1.53. The Hall–Kier alpha value is -3.82. The van der Waals surface area contributed by atoms with Crippen LogP contribution in [0.4, 0.5) is 9.59 Å². The van der Waals surface area contributed by atoms with Crippen molar-refractivity contribution in [1.29, 1.82) is 0 Å². The van der Waals surface area contributed by atoms with Gasteiger partial charge in [-0.15, -0.1) is 0 Å². The van der Waals surface area contributed by atoms with Crippen LogP contribution in [-0.2, 0) is 21.7 Å². The lowest BCUT2D eigenvalue weighted by Gasteiger charge is -2.25. The number of imide groups is 2. The van der Waals surface area contributed by atoms with Crippen molar-refractivity contribution in [2.75, 3.05) is 13.7 Å². The van der Waals surface area contributed by atoms with E-state index in [1.807, 2.05) is 0 Å². The second kappa shape index (κ2) is 8.68. The molecule has 1 fully saturated rings. The molecule has 1 aliphatic rings. The highest BCUT2D eigenvalue weighted by molar-refractivity contribution is 6.10. The van der Waals surface area contributed by atoms with Gasteiger partial charge in [-0.25, -0.2) is 9.59 Å². The molecule has 1 aromatic carbocycles. The third-order valence-electron chi connectivity index (χ3n) is 4.85. The molecule has 6 amide bonds. The van der Waals surface area contributed by atoms with E-state index in [1.54, 1.807) is 43.3 Å². The number of rotatable bonds is 7. The number of amides is 6. The molecule has 0 saturated carbocycles. The first kappa shape index (κ1) is 20.9. The van der Waals surface area contributed by atoms with E-state index < -0.39 is 36.0 Å². The Morgan fingerprint density at radius 2 is 1.93 bits per heavy atom. The van der Waals surface area contributed by atoms with Gasteiger partial charge in [-0.3, -0.25) is 19.8 Å². The Labute approximate surface area is 172 Å². The predicted octanol–water partition coefficient (Wildman–Crippen LogP) is 1.47. The van der Waals surface area contributed by atoms with Crippen molar-refractivity contribution < 1.29 is 28.3 Å². The normalized spacial score (nSPS) is 18.1. The summed E-state index contributed by atoms with van der Waals surface area (Å²) >= 11 is 0. The first-order valence-electron chi connectivity index (χ1n) is 9.28. The van der Waals surface area contributed by atoms with Gasteiger partial charge in [0.25, 0.3) is 5.91 Å². The SMILES string of the molecule is CC[C@]1(c2ccc(OC)cc2)NC(=O)N(CC(=O)NC(=O)NCc2ccco2)C1=O. The number of methoxy groups -OCH3 is 1. The maximum Gasteiger partial charge on any atom is 0.325 e. The molecular weight excluding hydrogens is 392 g/mol. The number of hydrogen-bond acceptors (Lipinski definition) is 6. The topological polar surface area (TPSA) is 130 Å². The second-order valence-electron chi connectivity index (χ2n) is 6.62. The molecule has 10 heteroatoms. The van der Waals surface area contributed by atoms with Crippen LogP contribution in [0.2, 0.25) is 0 Å². The highest BCUT2D eigenvalue weighted by Gasteiger charge is 2.51. The number of urea groups is 2. The minimum absolute atomic E-state index is 0.0889. The van der Waals surface area contributed by atoms with Gasteiger partial charge in [-0.1, -0.05) is 19.1 Å². The number of ether oxygens (including phenoxy) is 1. The van der Waals surface area contributed by atoms with Crippen LogP contribution in [0.25, 0.3) is 0 Å². The molecule has 10 nitrogen and oxygen atoms in total. The van der Waals surface area contributed by atoms with Crippen LogP contribution in [0.5, 0.6) is 5.75 Å². The van der Waals surface area contributed by atoms with E-state index in [0.717, 1.165) is 4.90 Å². The van der Waals surface area contributed by atoms with E-state index in [0.29, 0.717) is 17.1 Å². The molecule has 0 spiro atoms. The van der Waals surface area contributed by atoms with Crippen molar-refractivity contribution in [3.05, 3.63) is 54.0 Å². The highest BCUT2D eigenvalue weighted by atomic mass is 16.5. The van der Waals surface area contributed by atoms with Gasteiger partial charge in [-0.2, -0.15) is 0 Å². The van der Waals surface area contributed by atoms with Crippen LogP contribution in [0, 0.1) is 0 Å². The van der Waals surface area contributed by atoms with E-state index in [4.69, 9.17) is 9.15 Å². The molecule has 1 aromatic heterocycles. The number of nitrogens with one attached hydrogen (secondary N) is 3. The van der Waals surface area contributed by atoms with Crippen molar-refractivity contribution in [3.8, 4) is 5.75 Å². The van der Waals surface area contributed by atoms with Gasteiger partial charge in [0.1, 0.15) is 23.6 Å². The Balaban J connectivity index is 1.64. The van der Waals surface area contributed by atoms with Gasteiger partial charge in [-0.05, 0) is 36.2 Å². The first-order chi connectivity index (χ1) is 14.4. The van der Waals surface area contributed by atoms with Gasteiger partial charge in [0.15, 0.2) is 0 Å². The number of carbonyl (C=O) groups excluding carboxylic acids is 4. The van der Waals surface area contributed by atoms with Crippen molar-refractivity contribution >= 4 is 23.9 Å². The molecule has 0 aliphatic carbocycles. The lowest BCUT2D eigenvalue weighted by atomic mass is 9.87. The van der Waals surface area contributed by atoms with Crippen molar-refractivity contribution in [2.45, 2.75) is 25.4 Å². The molecule has 0 radical (unpaired) electrons. The fourth-order valence-corrected chi connectivity index (χ4v) is 3.22. The summed E-state index contributed by atoms with van der Waals surface area (Å²) in [6, 6.07) is 8.61. The van der Waals surface area contributed by atoms with E-state index in [9.17, 15) is 19.2 Å². The zero-order valence-electron chi connectivity index (χ0n) is 16.6. The molecular formula is C20H22N4O6. The summed E-state index contributed by atoms with van der Waals surface area (Å²) in [5.41, 5.74) is -0.714. The molecule has 1 aliphatic heterocycles. The largest absolute Gasteiger partial charge is 0.497 e. The molecule has 0 unspecified atom stereocenters.